The van der Waals surface area contributed by atoms with Crippen LogP contribution in [0.15, 0.2) is 36.0 Å². The van der Waals surface area contributed by atoms with Gasteiger partial charge < -0.3 is 14.6 Å². The van der Waals surface area contributed by atoms with E-state index >= 15 is 0 Å². The molecule has 0 aliphatic rings. The van der Waals surface area contributed by atoms with E-state index in [4.69, 9.17) is 5.11 Å². The molecule has 2 aromatic heterocycles. The van der Waals surface area contributed by atoms with Crippen LogP contribution in [0.5, 0.6) is 0 Å². The summed E-state index contributed by atoms with van der Waals surface area (Å²) < 4.78 is 1.86. The monoisotopic (exact) mass is 306 g/mol. The summed E-state index contributed by atoms with van der Waals surface area (Å²) in [5, 5.41) is 10.8. The fourth-order valence-electron chi connectivity index (χ4n) is 2.13. The second-order valence-corrected chi connectivity index (χ2v) is 6.11. The van der Waals surface area contributed by atoms with Gasteiger partial charge in [0, 0.05) is 18.9 Å². The molecule has 2 rings (SSSR count). The summed E-state index contributed by atoms with van der Waals surface area (Å²) in [6.45, 7) is 4.07. The summed E-state index contributed by atoms with van der Waals surface area (Å²) in [7, 11) is 0. The Hall–Kier alpha value is -2.08. The molecule has 21 heavy (non-hydrogen) atoms. The molecule has 1 amide bonds. The molecule has 0 radical (unpaired) electrons. The van der Waals surface area contributed by atoms with Gasteiger partial charge in [0.15, 0.2) is 0 Å². The number of carboxylic acids is 1. The molecule has 0 unspecified atom stereocenters. The zero-order chi connectivity index (χ0) is 15.4. The summed E-state index contributed by atoms with van der Waals surface area (Å²) in [6.07, 6.45) is 3.73. The van der Waals surface area contributed by atoms with Crippen LogP contribution in [0.4, 0.5) is 0 Å². The van der Waals surface area contributed by atoms with Crippen molar-refractivity contribution < 1.29 is 14.7 Å². The molecule has 0 saturated heterocycles. The maximum absolute atomic E-state index is 12.7. The Morgan fingerprint density at radius 3 is 2.57 bits per heavy atom. The van der Waals surface area contributed by atoms with Crippen molar-refractivity contribution in [2.75, 3.05) is 13.1 Å². The highest BCUT2D eigenvalue weighted by Crippen LogP contribution is 2.23. The van der Waals surface area contributed by atoms with E-state index in [0.717, 1.165) is 5.69 Å². The van der Waals surface area contributed by atoms with Crippen LogP contribution in [0, 0.1) is 5.92 Å². The van der Waals surface area contributed by atoms with Crippen molar-refractivity contribution >= 4 is 23.2 Å². The average molecular weight is 306 g/mol. The lowest BCUT2D eigenvalue weighted by molar-refractivity contribution is -0.137. The fraction of sp³-hybridized carbons (Fsp3) is 0.333. The second-order valence-electron chi connectivity index (χ2n) is 5.20. The number of rotatable bonds is 6. The number of aliphatic carboxylic acids is 1. The highest BCUT2D eigenvalue weighted by atomic mass is 32.1. The molecule has 112 valence electrons. The third-order valence-corrected chi connectivity index (χ3v) is 3.81. The first-order valence-corrected chi connectivity index (χ1v) is 7.59. The van der Waals surface area contributed by atoms with Crippen LogP contribution in [0.2, 0.25) is 0 Å². The van der Waals surface area contributed by atoms with Crippen molar-refractivity contribution in [1.82, 2.24) is 9.47 Å². The van der Waals surface area contributed by atoms with E-state index in [-0.39, 0.29) is 18.4 Å². The number of carbonyl (C=O) groups is 2. The Labute approximate surface area is 127 Å². The normalized spacial score (nSPS) is 10.8. The first kappa shape index (κ1) is 15.3. The Morgan fingerprint density at radius 1 is 1.33 bits per heavy atom. The predicted molar refractivity (Wildman–Crippen MR) is 82.0 cm³/mol. The van der Waals surface area contributed by atoms with Gasteiger partial charge in [-0.25, -0.2) is 0 Å². The maximum atomic E-state index is 12.7. The van der Waals surface area contributed by atoms with Gasteiger partial charge in [0.05, 0.1) is 5.69 Å². The molecule has 1 N–H and O–H groups in total. The van der Waals surface area contributed by atoms with Crippen molar-refractivity contribution in [3.8, 4) is 5.69 Å². The third-order valence-electron chi connectivity index (χ3n) is 2.92. The first-order chi connectivity index (χ1) is 9.99. The lowest BCUT2D eigenvalue weighted by atomic mass is 10.2. The zero-order valence-electron chi connectivity index (χ0n) is 12.0. The molecule has 0 atom stereocenters. The van der Waals surface area contributed by atoms with Gasteiger partial charge in [-0.1, -0.05) is 13.8 Å². The molecule has 0 aromatic carbocycles. The summed E-state index contributed by atoms with van der Waals surface area (Å²) in [6, 6.07) is 5.64. The second kappa shape index (κ2) is 6.58. The van der Waals surface area contributed by atoms with Crippen LogP contribution in [0.3, 0.4) is 0 Å². The van der Waals surface area contributed by atoms with Gasteiger partial charge in [-0.3, -0.25) is 9.59 Å². The van der Waals surface area contributed by atoms with Crippen LogP contribution in [0.1, 0.15) is 23.5 Å². The van der Waals surface area contributed by atoms with Crippen molar-refractivity contribution in [2.45, 2.75) is 13.8 Å². The van der Waals surface area contributed by atoms with E-state index in [2.05, 4.69) is 0 Å². The van der Waals surface area contributed by atoms with E-state index in [9.17, 15) is 9.59 Å². The minimum Gasteiger partial charge on any atom is -0.480 e. The summed E-state index contributed by atoms with van der Waals surface area (Å²) in [4.78, 5) is 25.6. The van der Waals surface area contributed by atoms with Crippen LogP contribution in [-0.2, 0) is 4.79 Å². The van der Waals surface area contributed by atoms with E-state index in [1.54, 1.807) is 0 Å². The summed E-state index contributed by atoms with van der Waals surface area (Å²) >= 11 is 1.33. The predicted octanol–water partition coefficient (Wildman–Crippen LogP) is 2.72. The summed E-state index contributed by atoms with van der Waals surface area (Å²) in [5.41, 5.74) is 0.786. The zero-order valence-corrected chi connectivity index (χ0v) is 12.8. The minimum atomic E-state index is -0.997. The number of nitrogens with zero attached hydrogens (tertiary/aromatic N) is 2. The number of thiophene rings is 1. The fourth-order valence-corrected chi connectivity index (χ4v) is 2.99. The first-order valence-electron chi connectivity index (χ1n) is 6.71. The Kier molecular flexibility index (Phi) is 4.80. The van der Waals surface area contributed by atoms with E-state index in [0.29, 0.717) is 11.4 Å². The largest absolute Gasteiger partial charge is 0.480 e. The van der Waals surface area contributed by atoms with Gasteiger partial charge in [0.2, 0.25) is 0 Å². The number of hydrogen-bond acceptors (Lipinski definition) is 3. The lowest BCUT2D eigenvalue weighted by Gasteiger charge is -2.22. The minimum absolute atomic E-state index is 0.211. The van der Waals surface area contributed by atoms with Crippen molar-refractivity contribution in [2.24, 2.45) is 5.92 Å². The van der Waals surface area contributed by atoms with E-state index in [1.807, 2.05) is 54.4 Å². The number of hydrogen-bond donors (Lipinski definition) is 1. The highest BCUT2D eigenvalue weighted by Gasteiger charge is 2.23. The number of carboxylic acid groups (broad SMARTS) is 1. The highest BCUT2D eigenvalue weighted by molar-refractivity contribution is 7.12. The van der Waals surface area contributed by atoms with Crippen LogP contribution in [0.25, 0.3) is 5.69 Å². The number of amides is 1. The number of carbonyl (C=O) groups excluding carboxylic acids is 1. The van der Waals surface area contributed by atoms with Crippen LogP contribution >= 0.6 is 11.3 Å². The molecule has 5 nitrogen and oxygen atoms in total. The molecule has 0 aliphatic carbocycles. The van der Waals surface area contributed by atoms with Crippen LogP contribution in [-0.4, -0.2) is 39.5 Å². The molecular weight excluding hydrogens is 288 g/mol. The SMILES string of the molecule is CC(C)CN(CC(=O)O)C(=O)c1sccc1-n1cccc1. The van der Waals surface area contributed by atoms with Gasteiger partial charge in [-0.2, -0.15) is 0 Å². The van der Waals surface area contributed by atoms with Crippen molar-refractivity contribution in [1.29, 1.82) is 0 Å². The molecule has 0 saturated carbocycles. The summed E-state index contributed by atoms with van der Waals surface area (Å²) in [5.74, 6) is -1.02. The third kappa shape index (κ3) is 3.72. The van der Waals surface area contributed by atoms with E-state index < -0.39 is 5.97 Å². The molecular formula is C15H18N2O3S. The van der Waals surface area contributed by atoms with Gasteiger partial charge in [-0.05, 0) is 29.5 Å². The molecule has 6 heteroatoms. The lowest BCUT2D eigenvalue weighted by Crippen LogP contribution is -2.38. The van der Waals surface area contributed by atoms with Gasteiger partial charge in [0.25, 0.3) is 5.91 Å². The number of aromatic nitrogens is 1. The molecule has 2 aromatic rings. The molecule has 0 aliphatic heterocycles. The molecule has 2 heterocycles. The molecule has 0 spiro atoms. The smallest absolute Gasteiger partial charge is 0.323 e. The molecule has 0 bridgehead atoms. The topological polar surface area (TPSA) is 62.5 Å². The van der Waals surface area contributed by atoms with Crippen molar-refractivity contribution in [3.05, 3.63) is 40.8 Å². The Bertz CT molecular complexity index is 617. The Balaban J connectivity index is 2.29. The average Bonchev–Trinajstić information content (AvgIpc) is 3.06. The van der Waals surface area contributed by atoms with Gasteiger partial charge in [0.1, 0.15) is 11.4 Å². The quantitative estimate of drug-likeness (QED) is 0.892. The van der Waals surface area contributed by atoms with E-state index in [1.165, 1.54) is 16.2 Å². The maximum Gasteiger partial charge on any atom is 0.323 e. The van der Waals surface area contributed by atoms with Gasteiger partial charge >= 0.3 is 5.97 Å². The Morgan fingerprint density at radius 2 is 2.00 bits per heavy atom. The van der Waals surface area contributed by atoms with Gasteiger partial charge in [-0.15, -0.1) is 11.3 Å². The molecule has 0 fully saturated rings. The van der Waals surface area contributed by atoms with Crippen LogP contribution < -0.4 is 0 Å². The van der Waals surface area contributed by atoms with Crippen molar-refractivity contribution in [3.63, 3.8) is 0 Å². The standard InChI is InChI=1S/C15H18N2O3S/c1-11(2)9-17(10-13(18)19)15(20)14-12(5-8-21-14)16-6-3-4-7-16/h3-8,11H,9-10H2,1-2H3,(H,18,19).